The third kappa shape index (κ3) is 56.4. The predicted molar refractivity (Wildman–Crippen MR) is 298 cm³/mol. The van der Waals surface area contributed by atoms with Crippen LogP contribution in [0.3, 0.4) is 0 Å². The number of esters is 3. The van der Waals surface area contributed by atoms with Crippen LogP contribution in [-0.4, -0.2) is 37.2 Å². The van der Waals surface area contributed by atoms with Gasteiger partial charge in [-0.3, -0.25) is 14.4 Å². The van der Waals surface area contributed by atoms with Crippen molar-refractivity contribution in [1.29, 1.82) is 0 Å². The van der Waals surface area contributed by atoms with Gasteiger partial charge in [-0.25, -0.2) is 0 Å². The molecule has 0 aromatic carbocycles. The van der Waals surface area contributed by atoms with Crippen LogP contribution in [0.5, 0.6) is 0 Å². The molecule has 69 heavy (non-hydrogen) atoms. The van der Waals surface area contributed by atoms with Gasteiger partial charge in [0.1, 0.15) is 13.2 Å². The minimum Gasteiger partial charge on any atom is -0.462 e. The van der Waals surface area contributed by atoms with Crippen LogP contribution in [0.2, 0.25) is 0 Å². The molecule has 0 heterocycles. The molecule has 1 unspecified atom stereocenters. The summed E-state index contributed by atoms with van der Waals surface area (Å²) in [5.41, 5.74) is 0. The van der Waals surface area contributed by atoms with E-state index in [9.17, 15) is 14.4 Å². The van der Waals surface area contributed by atoms with Crippen LogP contribution in [0.15, 0.2) is 36.5 Å². The molecule has 0 saturated heterocycles. The van der Waals surface area contributed by atoms with Crippen molar-refractivity contribution in [3.8, 4) is 0 Å². The predicted octanol–water partition coefficient (Wildman–Crippen LogP) is 20.4. The second-order valence-corrected chi connectivity index (χ2v) is 20.6. The molecule has 404 valence electrons. The number of rotatable bonds is 56. The van der Waals surface area contributed by atoms with Gasteiger partial charge in [0.15, 0.2) is 6.10 Å². The number of carbonyl (C=O) groups excluding carboxylic acids is 3. The van der Waals surface area contributed by atoms with Gasteiger partial charge in [0.25, 0.3) is 0 Å². The topological polar surface area (TPSA) is 78.9 Å². The zero-order chi connectivity index (χ0) is 50.0. The van der Waals surface area contributed by atoms with E-state index in [1.807, 2.05) is 0 Å². The average Bonchev–Trinajstić information content (AvgIpc) is 3.35. The number of allylic oxidation sites excluding steroid dienone is 6. The Morgan fingerprint density at radius 1 is 0.290 bits per heavy atom. The largest absolute Gasteiger partial charge is 0.462 e. The molecular formula is C63H116O6. The minimum absolute atomic E-state index is 0.0709. The molecular weight excluding hydrogens is 853 g/mol. The van der Waals surface area contributed by atoms with Gasteiger partial charge in [-0.05, 0) is 77.0 Å². The van der Waals surface area contributed by atoms with Crippen LogP contribution in [-0.2, 0) is 28.6 Å². The summed E-state index contributed by atoms with van der Waals surface area (Å²) >= 11 is 0. The molecule has 6 nitrogen and oxygen atoms in total. The Hall–Kier alpha value is -2.37. The minimum atomic E-state index is -0.769. The molecule has 0 aliphatic carbocycles. The highest BCUT2D eigenvalue weighted by Gasteiger charge is 2.19. The van der Waals surface area contributed by atoms with E-state index in [-0.39, 0.29) is 31.1 Å². The van der Waals surface area contributed by atoms with E-state index >= 15 is 0 Å². The summed E-state index contributed by atoms with van der Waals surface area (Å²) in [6.07, 6.45) is 70.5. The molecule has 0 aromatic heterocycles. The monoisotopic (exact) mass is 969 g/mol. The molecule has 0 aliphatic heterocycles. The van der Waals surface area contributed by atoms with Crippen molar-refractivity contribution in [1.82, 2.24) is 0 Å². The van der Waals surface area contributed by atoms with E-state index < -0.39 is 6.10 Å². The SMILES string of the molecule is CCCCC/C=C\C/C=C\CCCCCCCCCCCC(=O)OC(COC(=O)CCCCCCC)COC(=O)CCCCCCCCCCCCCCCCC/C=C\CCCCCCCCCC. The fourth-order valence-corrected chi connectivity index (χ4v) is 9.00. The number of hydrogen-bond donors (Lipinski definition) is 0. The highest BCUT2D eigenvalue weighted by atomic mass is 16.6. The lowest BCUT2D eigenvalue weighted by molar-refractivity contribution is -0.167. The third-order valence-electron chi connectivity index (χ3n) is 13.6. The average molecular weight is 970 g/mol. The van der Waals surface area contributed by atoms with E-state index in [0.717, 1.165) is 70.6 Å². The lowest BCUT2D eigenvalue weighted by atomic mass is 10.0. The Morgan fingerprint density at radius 3 is 0.841 bits per heavy atom. The van der Waals surface area contributed by atoms with Gasteiger partial charge in [-0.1, -0.05) is 269 Å². The van der Waals surface area contributed by atoms with Crippen LogP contribution in [0.4, 0.5) is 0 Å². The molecule has 0 aliphatic rings. The third-order valence-corrected chi connectivity index (χ3v) is 13.6. The van der Waals surface area contributed by atoms with E-state index in [4.69, 9.17) is 14.2 Å². The van der Waals surface area contributed by atoms with Gasteiger partial charge >= 0.3 is 17.9 Å². The van der Waals surface area contributed by atoms with Gasteiger partial charge in [0.05, 0.1) is 0 Å². The molecule has 6 heteroatoms. The first-order chi connectivity index (χ1) is 34.0. The molecule has 0 amide bonds. The molecule has 0 rings (SSSR count). The Kier molecular flexibility index (Phi) is 56.2. The zero-order valence-corrected chi connectivity index (χ0v) is 46.3. The van der Waals surface area contributed by atoms with Gasteiger partial charge in [-0.15, -0.1) is 0 Å². The fourth-order valence-electron chi connectivity index (χ4n) is 9.00. The summed E-state index contributed by atoms with van der Waals surface area (Å²) < 4.78 is 16.7. The summed E-state index contributed by atoms with van der Waals surface area (Å²) in [5, 5.41) is 0. The summed E-state index contributed by atoms with van der Waals surface area (Å²) in [5.74, 6) is -0.873. The number of hydrogen-bond acceptors (Lipinski definition) is 6. The second-order valence-electron chi connectivity index (χ2n) is 20.6. The first kappa shape index (κ1) is 66.6. The summed E-state index contributed by atoms with van der Waals surface area (Å²) in [4.78, 5) is 37.8. The molecule has 0 aromatic rings. The van der Waals surface area contributed by atoms with Gasteiger partial charge < -0.3 is 14.2 Å². The van der Waals surface area contributed by atoms with Crippen molar-refractivity contribution < 1.29 is 28.6 Å². The summed E-state index contributed by atoms with van der Waals surface area (Å²) in [6, 6.07) is 0. The molecule has 0 N–H and O–H groups in total. The molecule has 0 radical (unpaired) electrons. The molecule has 0 bridgehead atoms. The van der Waals surface area contributed by atoms with E-state index in [2.05, 4.69) is 57.2 Å². The van der Waals surface area contributed by atoms with Crippen molar-refractivity contribution in [2.24, 2.45) is 0 Å². The first-order valence-corrected chi connectivity index (χ1v) is 30.5. The van der Waals surface area contributed by atoms with Crippen LogP contribution in [0, 0.1) is 0 Å². The molecule has 0 saturated carbocycles. The molecule has 1 atom stereocenters. The summed E-state index contributed by atoms with van der Waals surface area (Å²) in [7, 11) is 0. The van der Waals surface area contributed by atoms with Crippen molar-refractivity contribution in [3.05, 3.63) is 36.5 Å². The van der Waals surface area contributed by atoms with Crippen molar-refractivity contribution in [2.45, 2.75) is 335 Å². The van der Waals surface area contributed by atoms with E-state index in [1.165, 1.54) is 218 Å². The van der Waals surface area contributed by atoms with Crippen molar-refractivity contribution in [2.75, 3.05) is 13.2 Å². The number of unbranched alkanes of at least 4 members (excludes halogenated alkanes) is 39. The van der Waals surface area contributed by atoms with Crippen LogP contribution in [0.25, 0.3) is 0 Å². The first-order valence-electron chi connectivity index (χ1n) is 30.5. The van der Waals surface area contributed by atoms with Crippen LogP contribution in [0.1, 0.15) is 329 Å². The normalized spacial score (nSPS) is 12.2. The number of ether oxygens (including phenoxy) is 3. The Labute approximate surface area is 429 Å². The highest BCUT2D eigenvalue weighted by Crippen LogP contribution is 2.17. The Balaban J connectivity index is 4.00. The van der Waals surface area contributed by atoms with E-state index in [0.29, 0.717) is 19.3 Å². The Morgan fingerprint density at radius 2 is 0.522 bits per heavy atom. The lowest BCUT2D eigenvalue weighted by Crippen LogP contribution is -2.30. The zero-order valence-electron chi connectivity index (χ0n) is 46.3. The van der Waals surface area contributed by atoms with Gasteiger partial charge in [0.2, 0.25) is 0 Å². The van der Waals surface area contributed by atoms with Crippen LogP contribution >= 0.6 is 0 Å². The fraction of sp³-hybridized carbons (Fsp3) is 0.857. The maximum Gasteiger partial charge on any atom is 0.306 e. The van der Waals surface area contributed by atoms with Gasteiger partial charge in [-0.2, -0.15) is 0 Å². The maximum atomic E-state index is 12.8. The quantitative estimate of drug-likeness (QED) is 0.0261. The second kappa shape index (κ2) is 58.2. The van der Waals surface area contributed by atoms with E-state index in [1.54, 1.807) is 0 Å². The Bertz CT molecular complexity index is 1160. The number of carbonyl (C=O) groups is 3. The maximum absolute atomic E-state index is 12.8. The molecule has 0 fully saturated rings. The standard InChI is InChI=1S/C63H116O6/c1-4-7-10-13-15-17-19-21-23-25-27-28-29-30-31-32-33-34-36-37-39-41-43-45-47-50-53-56-62(65)68-59-60(58-67-61(64)55-52-49-12-9-6-3)69-63(66)57-54-51-48-46-44-42-40-38-35-26-24-22-20-18-16-14-11-8-5-2/h16,18,22,24-25,27,60H,4-15,17,19-21,23,26,28-59H2,1-3H3/b18-16-,24-22-,27-25-. The smallest absolute Gasteiger partial charge is 0.306 e. The summed E-state index contributed by atoms with van der Waals surface area (Å²) in [6.45, 7) is 6.57. The van der Waals surface area contributed by atoms with Gasteiger partial charge in [0, 0.05) is 19.3 Å². The molecule has 0 spiro atoms. The lowest BCUT2D eigenvalue weighted by Gasteiger charge is -2.18. The van der Waals surface area contributed by atoms with Crippen molar-refractivity contribution >= 4 is 17.9 Å². The van der Waals surface area contributed by atoms with Crippen LogP contribution < -0.4 is 0 Å². The van der Waals surface area contributed by atoms with Crippen molar-refractivity contribution in [3.63, 3.8) is 0 Å². The highest BCUT2D eigenvalue weighted by molar-refractivity contribution is 5.71.